The number of hydrogen-bond acceptors (Lipinski definition) is 3. The molecule has 13 heavy (non-hydrogen) atoms. The molecule has 0 amide bonds. The Labute approximate surface area is 72.9 Å². The van der Waals surface area contributed by atoms with Crippen LogP contribution in [-0.2, 0) is 0 Å². The summed E-state index contributed by atoms with van der Waals surface area (Å²) in [5.74, 6) is 0.556. The number of hydrogen-bond donors (Lipinski definition) is 2. The van der Waals surface area contributed by atoms with Crippen molar-refractivity contribution in [2.24, 2.45) is 0 Å². The number of nitrogens with one attached hydrogen (secondary N) is 1. The van der Waals surface area contributed by atoms with Gasteiger partial charge < -0.3 is 10.1 Å². The molecule has 2 N–H and O–H groups in total. The van der Waals surface area contributed by atoms with Crippen LogP contribution in [0.4, 0.5) is 4.79 Å². The van der Waals surface area contributed by atoms with Crippen LogP contribution in [0.5, 0.6) is 0 Å². The van der Waals surface area contributed by atoms with Gasteiger partial charge in [0.25, 0.3) is 0 Å². The maximum Gasteiger partial charge on any atom is 0.416 e. The smallest absolute Gasteiger partial charge is 0.416 e. The van der Waals surface area contributed by atoms with E-state index in [1.54, 1.807) is 12.4 Å². The molecule has 0 saturated carbocycles. The third-order valence-electron chi connectivity index (χ3n) is 1.54. The minimum atomic E-state index is -1.06. The molecule has 0 atom stereocenters. The Balaban J connectivity index is 2.39. The Morgan fingerprint density at radius 3 is 2.92 bits per heavy atom. The largest absolute Gasteiger partial charge is 0.464 e. The van der Waals surface area contributed by atoms with E-state index >= 15 is 0 Å². The first-order valence-electron chi connectivity index (χ1n) is 3.54. The molecular formula is C7H6N4O2. The lowest BCUT2D eigenvalue weighted by Crippen LogP contribution is -2.03. The van der Waals surface area contributed by atoms with E-state index in [0.29, 0.717) is 11.5 Å². The van der Waals surface area contributed by atoms with E-state index in [4.69, 9.17) is 5.11 Å². The summed E-state index contributed by atoms with van der Waals surface area (Å²) in [4.78, 5) is 21.1. The summed E-state index contributed by atoms with van der Waals surface area (Å²) in [6.45, 7) is 0. The lowest BCUT2D eigenvalue weighted by atomic mass is 10.5. The predicted molar refractivity (Wildman–Crippen MR) is 43.2 cm³/mol. The van der Waals surface area contributed by atoms with Crippen LogP contribution >= 0.6 is 0 Å². The molecule has 0 aromatic carbocycles. The molecule has 0 aliphatic rings. The van der Waals surface area contributed by atoms with Crippen LogP contribution < -0.4 is 0 Å². The van der Waals surface area contributed by atoms with Gasteiger partial charge in [-0.25, -0.2) is 19.3 Å². The average molecular weight is 178 g/mol. The molecule has 6 nitrogen and oxygen atoms in total. The third-order valence-corrected chi connectivity index (χ3v) is 1.54. The van der Waals surface area contributed by atoms with Gasteiger partial charge in [-0.3, -0.25) is 0 Å². The van der Waals surface area contributed by atoms with E-state index in [0.717, 1.165) is 4.57 Å². The average Bonchev–Trinajstić information content (AvgIpc) is 2.75. The quantitative estimate of drug-likeness (QED) is 0.676. The molecule has 0 saturated heterocycles. The summed E-state index contributed by atoms with van der Waals surface area (Å²) in [6.07, 6.45) is 4.77. The van der Waals surface area contributed by atoms with E-state index in [2.05, 4.69) is 15.0 Å². The molecule has 2 heterocycles. The predicted octanol–water partition coefficient (Wildman–Crippen LogP) is 0.799. The summed E-state index contributed by atoms with van der Waals surface area (Å²) in [5.41, 5.74) is 0.507. The SMILES string of the molecule is O=C(O)n1cnc(-c2ncc[nH]2)c1. The highest BCUT2D eigenvalue weighted by Crippen LogP contribution is 2.09. The maximum atomic E-state index is 10.5. The minimum Gasteiger partial charge on any atom is -0.464 e. The summed E-state index contributed by atoms with van der Waals surface area (Å²) >= 11 is 0. The van der Waals surface area contributed by atoms with Gasteiger partial charge >= 0.3 is 6.09 Å². The zero-order valence-corrected chi connectivity index (χ0v) is 6.51. The van der Waals surface area contributed by atoms with E-state index in [1.165, 1.54) is 12.5 Å². The molecule has 0 bridgehead atoms. The van der Waals surface area contributed by atoms with Crippen LogP contribution in [0.2, 0.25) is 0 Å². The molecule has 2 aromatic heterocycles. The molecule has 0 spiro atoms. The van der Waals surface area contributed by atoms with Gasteiger partial charge in [0.15, 0.2) is 5.82 Å². The van der Waals surface area contributed by atoms with Gasteiger partial charge in [0, 0.05) is 18.6 Å². The molecule has 0 unspecified atom stereocenters. The number of aromatic amines is 1. The van der Waals surface area contributed by atoms with E-state index in [1.807, 2.05) is 0 Å². The third kappa shape index (κ3) is 1.28. The van der Waals surface area contributed by atoms with Gasteiger partial charge in [-0.05, 0) is 0 Å². The number of aromatic nitrogens is 4. The molecular weight excluding hydrogens is 172 g/mol. The van der Waals surface area contributed by atoms with Crippen molar-refractivity contribution >= 4 is 6.09 Å². The van der Waals surface area contributed by atoms with Gasteiger partial charge in [-0.1, -0.05) is 0 Å². The van der Waals surface area contributed by atoms with Crippen molar-refractivity contribution < 1.29 is 9.90 Å². The van der Waals surface area contributed by atoms with E-state index in [9.17, 15) is 4.79 Å². The number of carboxylic acid groups (broad SMARTS) is 1. The zero-order valence-electron chi connectivity index (χ0n) is 6.51. The van der Waals surface area contributed by atoms with Crippen molar-refractivity contribution in [3.05, 3.63) is 24.9 Å². The van der Waals surface area contributed by atoms with Crippen LogP contribution in [-0.4, -0.2) is 30.7 Å². The van der Waals surface area contributed by atoms with Gasteiger partial charge in [-0.15, -0.1) is 0 Å². The Kier molecular flexibility index (Phi) is 1.59. The second kappa shape index (κ2) is 2.74. The Morgan fingerprint density at radius 2 is 2.38 bits per heavy atom. The topological polar surface area (TPSA) is 83.8 Å². The van der Waals surface area contributed by atoms with Crippen LogP contribution in [0, 0.1) is 0 Å². The molecule has 0 radical (unpaired) electrons. The lowest BCUT2D eigenvalue weighted by Gasteiger charge is -1.88. The monoisotopic (exact) mass is 178 g/mol. The summed E-state index contributed by atoms with van der Waals surface area (Å²) in [7, 11) is 0. The Morgan fingerprint density at radius 1 is 1.54 bits per heavy atom. The summed E-state index contributed by atoms with van der Waals surface area (Å²) in [5, 5.41) is 8.59. The Hall–Kier alpha value is -2.11. The highest BCUT2D eigenvalue weighted by atomic mass is 16.4. The number of carbonyl (C=O) groups is 1. The number of imidazole rings is 2. The standard InChI is InChI=1S/C7H6N4O2/c12-7(13)11-3-5(10-4-11)6-8-1-2-9-6/h1-4H,(H,8,9)(H,12,13). The Bertz CT molecular complexity index is 417. The highest BCUT2D eigenvalue weighted by Gasteiger charge is 2.06. The zero-order chi connectivity index (χ0) is 9.26. The van der Waals surface area contributed by atoms with Crippen LogP contribution in [0.1, 0.15) is 0 Å². The van der Waals surface area contributed by atoms with Crippen LogP contribution in [0.3, 0.4) is 0 Å². The van der Waals surface area contributed by atoms with Crippen molar-refractivity contribution in [2.75, 3.05) is 0 Å². The van der Waals surface area contributed by atoms with Crippen molar-refractivity contribution in [1.82, 2.24) is 19.5 Å². The highest BCUT2D eigenvalue weighted by molar-refractivity contribution is 5.69. The molecule has 2 rings (SSSR count). The molecule has 66 valence electrons. The van der Waals surface area contributed by atoms with Crippen LogP contribution in [0.15, 0.2) is 24.9 Å². The normalized spacial score (nSPS) is 10.2. The molecule has 2 aromatic rings. The fourth-order valence-corrected chi connectivity index (χ4v) is 0.955. The first-order chi connectivity index (χ1) is 6.27. The van der Waals surface area contributed by atoms with Crippen molar-refractivity contribution in [1.29, 1.82) is 0 Å². The molecule has 0 fully saturated rings. The fourth-order valence-electron chi connectivity index (χ4n) is 0.955. The first kappa shape index (κ1) is 7.53. The molecule has 0 aliphatic carbocycles. The summed E-state index contributed by atoms with van der Waals surface area (Å²) < 4.78 is 0.970. The lowest BCUT2D eigenvalue weighted by molar-refractivity contribution is 0.196. The van der Waals surface area contributed by atoms with Gasteiger partial charge in [-0.2, -0.15) is 0 Å². The molecule has 6 heteroatoms. The fraction of sp³-hybridized carbons (Fsp3) is 0. The number of rotatable bonds is 1. The van der Waals surface area contributed by atoms with Crippen LogP contribution in [0.25, 0.3) is 11.5 Å². The number of H-pyrrole nitrogens is 1. The second-order valence-corrected chi connectivity index (χ2v) is 2.39. The first-order valence-corrected chi connectivity index (χ1v) is 3.54. The second-order valence-electron chi connectivity index (χ2n) is 2.39. The minimum absolute atomic E-state index is 0.507. The van der Waals surface area contributed by atoms with Crippen molar-refractivity contribution in [2.45, 2.75) is 0 Å². The molecule has 0 aliphatic heterocycles. The van der Waals surface area contributed by atoms with E-state index in [-0.39, 0.29) is 0 Å². The van der Waals surface area contributed by atoms with Gasteiger partial charge in [0.1, 0.15) is 12.0 Å². The van der Waals surface area contributed by atoms with Gasteiger partial charge in [0.05, 0.1) is 0 Å². The summed E-state index contributed by atoms with van der Waals surface area (Å²) in [6, 6.07) is 0. The maximum absolute atomic E-state index is 10.5. The van der Waals surface area contributed by atoms with Gasteiger partial charge in [0.2, 0.25) is 0 Å². The van der Waals surface area contributed by atoms with E-state index < -0.39 is 6.09 Å². The van der Waals surface area contributed by atoms with Crippen molar-refractivity contribution in [3.63, 3.8) is 0 Å². The van der Waals surface area contributed by atoms with Crippen molar-refractivity contribution in [3.8, 4) is 11.5 Å². The number of nitrogens with zero attached hydrogens (tertiary/aromatic N) is 3.